The number of hydrazine groups is 1. The normalized spacial score (nSPS) is 31.4. The van der Waals surface area contributed by atoms with Gasteiger partial charge in [-0.05, 0) is 55.5 Å². The number of carbonyl (C=O) groups excluding carboxylic acids is 2. The van der Waals surface area contributed by atoms with Gasteiger partial charge in [-0.3, -0.25) is 24.2 Å². The number of carboxylic acid groups (broad SMARTS) is 2. The summed E-state index contributed by atoms with van der Waals surface area (Å²) in [6.07, 6.45) is 2.81. The summed E-state index contributed by atoms with van der Waals surface area (Å²) in [5.74, 6) is -1.21. The maximum Gasteiger partial charge on any atom is 0.306 e. The van der Waals surface area contributed by atoms with E-state index in [4.69, 9.17) is 0 Å². The van der Waals surface area contributed by atoms with Crippen molar-refractivity contribution in [1.82, 2.24) is 26.1 Å². The predicted octanol–water partition coefficient (Wildman–Crippen LogP) is 1.86. The molecule has 5 aliphatic heterocycles. The van der Waals surface area contributed by atoms with Crippen molar-refractivity contribution in [3.8, 4) is 0 Å². The first-order chi connectivity index (χ1) is 21.8. The van der Waals surface area contributed by atoms with E-state index in [2.05, 4.69) is 27.6 Å². The van der Waals surface area contributed by atoms with E-state index in [0.717, 1.165) is 45.1 Å². The molecule has 46 heavy (non-hydrogen) atoms. The lowest BCUT2D eigenvalue weighted by atomic mass is 9.87. The highest BCUT2D eigenvalue weighted by Gasteiger charge is 2.63. The summed E-state index contributed by atoms with van der Waals surface area (Å²) < 4.78 is 0. The van der Waals surface area contributed by atoms with Crippen LogP contribution in [0.15, 0.2) is 46.7 Å². The summed E-state index contributed by atoms with van der Waals surface area (Å²) in [5.41, 5.74) is 9.41. The van der Waals surface area contributed by atoms with Gasteiger partial charge in [0.1, 0.15) is 0 Å². The average molecular weight is 652 g/mol. The summed E-state index contributed by atoms with van der Waals surface area (Å²) in [7, 11) is 0. The van der Waals surface area contributed by atoms with Crippen molar-refractivity contribution in [2.24, 2.45) is 11.8 Å². The van der Waals surface area contributed by atoms with Crippen molar-refractivity contribution in [1.29, 1.82) is 0 Å². The van der Waals surface area contributed by atoms with E-state index in [0.29, 0.717) is 29.2 Å². The number of aliphatic carboxylic acids is 2. The first-order valence-electron chi connectivity index (χ1n) is 15.7. The number of amides is 2. The molecule has 2 amide bonds. The van der Waals surface area contributed by atoms with Gasteiger partial charge >= 0.3 is 11.9 Å². The Morgan fingerprint density at radius 3 is 2.48 bits per heavy atom. The van der Waals surface area contributed by atoms with Crippen LogP contribution in [-0.4, -0.2) is 83.9 Å². The van der Waals surface area contributed by atoms with Crippen molar-refractivity contribution in [3.05, 3.63) is 69.2 Å². The van der Waals surface area contributed by atoms with Crippen molar-refractivity contribution < 1.29 is 34.5 Å². The molecule has 0 aromatic carbocycles. The van der Waals surface area contributed by atoms with Gasteiger partial charge < -0.3 is 30.9 Å². The molecule has 0 bridgehead atoms. The number of aromatic amines is 1. The number of thioether (sulfide) groups is 1. The van der Waals surface area contributed by atoms with Gasteiger partial charge in [0.2, 0.25) is 5.91 Å². The predicted molar refractivity (Wildman–Crippen MR) is 171 cm³/mol. The molecule has 3 saturated heterocycles. The SMILES string of the molecule is C=CC1=C(C)[C@@H](Cc2[nH]c(C[C@@]34NN3/C(=C/C3NC(=O)[C@H](C)[C@H]3[C@H]3CS3)C(C)=C4[C@@H](O)CC(=O)O)c(CCC(=O)O)c2C)NC1=O. The minimum Gasteiger partial charge on any atom is -0.481 e. The number of nitrogens with zero attached hydrogens (tertiary/aromatic N) is 1. The van der Waals surface area contributed by atoms with E-state index in [-0.39, 0.29) is 48.6 Å². The van der Waals surface area contributed by atoms with Gasteiger partial charge in [-0.25, -0.2) is 5.43 Å². The third-order valence-electron chi connectivity index (χ3n) is 10.3. The molecular weight excluding hydrogens is 610 g/mol. The molecule has 0 radical (unpaired) electrons. The molecule has 7 N–H and O–H groups in total. The first kappa shape index (κ1) is 32.1. The molecule has 0 aliphatic carbocycles. The maximum atomic E-state index is 12.7. The monoisotopic (exact) mass is 651 g/mol. The second-order valence-corrected chi connectivity index (χ2v) is 14.3. The number of aromatic nitrogens is 1. The zero-order chi connectivity index (χ0) is 33.2. The van der Waals surface area contributed by atoms with Crippen molar-refractivity contribution in [2.75, 3.05) is 5.75 Å². The molecule has 1 aromatic rings. The Balaban J connectivity index is 1.36. The van der Waals surface area contributed by atoms with Gasteiger partial charge in [0.15, 0.2) is 5.66 Å². The third kappa shape index (κ3) is 5.47. The summed E-state index contributed by atoms with van der Waals surface area (Å²) in [6, 6.07) is -0.447. The van der Waals surface area contributed by atoms with Gasteiger partial charge in [-0.15, -0.1) is 0 Å². The smallest absolute Gasteiger partial charge is 0.306 e. The second-order valence-electron chi connectivity index (χ2n) is 13.1. The summed E-state index contributed by atoms with van der Waals surface area (Å²) in [6.45, 7) is 11.4. The highest BCUT2D eigenvalue weighted by atomic mass is 32.2. The molecular formula is C33H41N5O7S. The van der Waals surface area contributed by atoms with Crippen LogP contribution in [0, 0.1) is 18.8 Å². The Labute approximate surface area is 271 Å². The van der Waals surface area contributed by atoms with Crippen LogP contribution >= 0.6 is 11.8 Å². The fourth-order valence-electron chi connectivity index (χ4n) is 7.77. The van der Waals surface area contributed by atoms with Gasteiger partial charge in [0.25, 0.3) is 5.91 Å². The maximum absolute atomic E-state index is 12.7. The van der Waals surface area contributed by atoms with Crippen LogP contribution in [0.1, 0.15) is 56.1 Å². The number of allylic oxidation sites excluding steroid dienone is 1. The number of rotatable bonds is 13. The quantitative estimate of drug-likeness (QED) is 0.155. The molecule has 246 valence electrons. The van der Waals surface area contributed by atoms with E-state index < -0.39 is 30.1 Å². The number of aliphatic hydroxyl groups excluding tert-OH is 1. The van der Waals surface area contributed by atoms with E-state index in [9.17, 15) is 34.5 Å². The fourth-order valence-corrected chi connectivity index (χ4v) is 8.73. The topological polar surface area (TPSA) is 194 Å². The molecule has 5 aliphatic rings. The van der Waals surface area contributed by atoms with Gasteiger partial charge in [0, 0.05) is 64.6 Å². The zero-order valence-corrected chi connectivity index (χ0v) is 27.2. The Morgan fingerprint density at radius 2 is 1.87 bits per heavy atom. The Hall–Kier alpha value is -3.81. The van der Waals surface area contributed by atoms with Crippen LogP contribution in [0.5, 0.6) is 0 Å². The van der Waals surface area contributed by atoms with Gasteiger partial charge in [-0.1, -0.05) is 19.6 Å². The van der Waals surface area contributed by atoms with E-state index in [1.54, 1.807) is 6.08 Å². The number of carboxylic acids is 2. The number of H-pyrrole nitrogens is 1. The van der Waals surface area contributed by atoms with Crippen LogP contribution in [-0.2, 0) is 38.4 Å². The summed E-state index contributed by atoms with van der Waals surface area (Å²) in [5, 5.41) is 38.9. The number of hydrogen-bond donors (Lipinski definition) is 7. The lowest BCUT2D eigenvalue weighted by molar-refractivity contribution is -0.139. The van der Waals surface area contributed by atoms with Crippen molar-refractivity contribution in [3.63, 3.8) is 0 Å². The highest BCUT2D eigenvalue weighted by Crippen LogP contribution is 2.53. The van der Waals surface area contributed by atoms with Crippen LogP contribution in [0.2, 0.25) is 0 Å². The number of aliphatic hydroxyl groups is 1. The standard InChI is InChI=1S/C33H41N5O7S/c1-6-18-14(2)21(35-32(18)45)9-20-15(3)19(7-8-27(40)41)23(34-20)12-33-30(25(39)11-28(42)43)16(4)24(38(33)37-33)10-22-29(26-13-46-26)17(5)31(44)36-22/h6,10,17,21-22,25-26,29,34,37,39H,1,7-9,11-13H2,2-5H3,(H,35,45)(H,36,44)(H,40,41)(H,42,43)/b24-10+/t17-,21-,22?,25+,26-,29-,33-,38?/m1/s1. The molecule has 0 spiro atoms. The Bertz CT molecular complexity index is 1640. The van der Waals surface area contributed by atoms with Crippen LogP contribution in [0.3, 0.4) is 0 Å². The lowest BCUT2D eigenvalue weighted by Gasteiger charge is -2.20. The minimum atomic E-state index is -1.27. The summed E-state index contributed by atoms with van der Waals surface area (Å²) in [4.78, 5) is 52.0. The van der Waals surface area contributed by atoms with Gasteiger partial charge in [0.05, 0.1) is 30.3 Å². The molecule has 6 heterocycles. The molecule has 6 rings (SSSR count). The number of carbonyl (C=O) groups is 4. The van der Waals surface area contributed by atoms with Crippen LogP contribution in [0.25, 0.3) is 0 Å². The molecule has 3 fully saturated rings. The molecule has 13 heteroatoms. The third-order valence-corrected chi connectivity index (χ3v) is 11.4. The lowest BCUT2D eigenvalue weighted by Crippen LogP contribution is -2.32. The first-order valence-corrected chi connectivity index (χ1v) is 16.7. The largest absolute Gasteiger partial charge is 0.481 e. The molecule has 0 saturated carbocycles. The molecule has 7 atom stereocenters. The Kier molecular flexibility index (Phi) is 8.22. The Morgan fingerprint density at radius 1 is 1.15 bits per heavy atom. The highest BCUT2D eigenvalue weighted by molar-refractivity contribution is 8.06. The zero-order valence-electron chi connectivity index (χ0n) is 26.4. The van der Waals surface area contributed by atoms with E-state index in [1.165, 1.54) is 0 Å². The molecule has 1 aromatic heterocycles. The molecule has 1 unspecified atom stereocenters. The van der Waals surface area contributed by atoms with Gasteiger partial charge in [-0.2, -0.15) is 11.8 Å². The van der Waals surface area contributed by atoms with Crippen molar-refractivity contribution >= 4 is 35.5 Å². The van der Waals surface area contributed by atoms with E-state index in [1.807, 2.05) is 50.5 Å². The molecule has 12 nitrogen and oxygen atoms in total. The number of nitrogens with one attached hydrogen (secondary N) is 4. The van der Waals surface area contributed by atoms with Crippen molar-refractivity contribution in [2.45, 2.75) is 88.9 Å². The second kappa shape index (κ2) is 11.8. The summed E-state index contributed by atoms with van der Waals surface area (Å²) >= 11 is 1.84. The fraction of sp³-hybridized carbons (Fsp3) is 0.515. The van der Waals surface area contributed by atoms with Crippen LogP contribution < -0.4 is 16.1 Å². The number of hydrogen-bond acceptors (Lipinski definition) is 8. The number of fused-ring (bicyclic) bond motifs is 1. The minimum absolute atomic E-state index is 0.0105. The average Bonchev–Trinajstić information content (AvgIpc) is 3.84. The van der Waals surface area contributed by atoms with Crippen LogP contribution in [0.4, 0.5) is 0 Å². The van der Waals surface area contributed by atoms with E-state index >= 15 is 0 Å².